The van der Waals surface area contributed by atoms with Crippen molar-refractivity contribution < 1.29 is 0 Å². The van der Waals surface area contributed by atoms with Crippen LogP contribution in [0.2, 0.25) is 0 Å². The molecule has 0 bridgehead atoms. The Hall–Kier alpha value is -1.75. The van der Waals surface area contributed by atoms with Gasteiger partial charge in [0.2, 0.25) is 0 Å². The minimum atomic E-state index is 0.748. The van der Waals surface area contributed by atoms with Crippen molar-refractivity contribution >= 4 is 10.9 Å². The molecule has 1 aromatic heterocycles. The molecular formula is C13H12N2. The summed E-state index contributed by atoms with van der Waals surface area (Å²) in [6, 6.07) is 10.2. The van der Waals surface area contributed by atoms with E-state index in [1.54, 1.807) is 0 Å². The van der Waals surface area contributed by atoms with E-state index in [4.69, 9.17) is 5.26 Å². The molecule has 0 aliphatic heterocycles. The molecule has 0 radical (unpaired) electrons. The second kappa shape index (κ2) is 3.13. The molecule has 1 aliphatic carbocycles. The fraction of sp³-hybridized carbons (Fsp3) is 0.308. The van der Waals surface area contributed by atoms with Gasteiger partial charge in [0.25, 0.3) is 0 Å². The highest BCUT2D eigenvalue weighted by molar-refractivity contribution is 5.81. The molecule has 0 unspecified atom stereocenters. The number of hydrogen-bond acceptors (Lipinski definition) is 1. The molecule has 1 aliphatic rings. The number of benzene rings is 1. The van der Waals surface area contributed by atoms with Crippen LogP contribution in [-0.2, 0) is 6.54 Å². The van der Waals surface area contributed by atoms with Gasteiger partial charge in [-0.15, -0.1) is 0 Å². The first-order valence-electron chi connectivity index (χ1n) is 5.36. The smallest absolute Gasteiger partial charge is 0.0992 e. The summed E-state index contributed by atoms with van der Waals surface area (Å²) in [6.07, 6.45) is 4.85. The summed E-state index contributed by atoms with van der Waals surface area (Å²) in [6.45, 7) is 1.11. The Balaban J connectivity index is 2.09. The van der Waals surface area contributed by atoms with E-state index in [0.29, 0.717) is 0 Å². The predicted octanol–water partition coefficient (Wildman–Crippen LogP) is 2.92. The molecule has 0 N–H and O–H groups in total. The Morgan fingerprint density at radius 2 is 2.20 bits per heavy atom. The van der Waals surface area contributed by atoms with Gasteiger partial charge >= 0.3 is 0 Å². The molecular weight excluding hydrogens is 184 g/mol. The number of rotatable bonds is 2. The lowest BCUT2D eigenvalue weighted by atomic mass is 10.2. The first kappa shape index (κ1) is 8.55. The lowest BCUT2D eigenvalue weighted by molar-refractivity contribution is 0.647. The van der Waals surface area contributed by atoms with Crippen molar-refractivity contribution in [1.29, 1.82) is 5.26 Å². The highest BCUT2D eigenvalue weighted by Crippen LogP contribution is 2.32. The van der Waals surface area contributed by atoms with Crippen LogP contribution in [0.5, 0.6) is 0 Å². The highest BCUT2D eigenvalue weighted by Gasteiger charge is 2.21. The predicted molar refractivity (Wildman–Crippen MR) is 59.4 cm³/mol. The van der Waals surface area contributed by atoms with Crippen molar-refractivity contribution in [3.63, 3.8) is 0 Å². The Morgan fingerprint density at radius 1 is 1.33 bits per heavy atom. The maximum atomic E-state index is 8.86. The molecule has 1 heterocycles. The Morgan fingerprint density at radius 3 is 2.93 bits per heavy atom. The van der Waals surface area contributed by atoms with Gasteiger partial charge in [-0.1, -0.05) is 6.07 Å². The van der Waals surface area contributed by atoms with Gasteiger partial charge in [-0.25, -0.2) is 0 Å². The maximum absolute atomic E-state index is 8.86. The van der Waals surface area contributed by atoms with Crippen LogP contribution in [0.1, 0.15) is 18.4 Å². The second-order valence-corrected chi connectivity index (χ2v) is 4.30. The Bertz CT molecular complexity index is 541. The van der Waals surface area contributed by atoms with E-state index in [-0.39, 0.29) is 0 Å². The largest absolute Gasteiger partial charge is 0.347 e. The summed E-state index contributed by atoms with van der Waals surface area (Å²) in [7, 11) is 0. The Kier molecular flexibility index (Phi) is 1.78. The molecule has 0 saturated heterocycles. The number of hydrogen-bond donors (Lipinski definition) is 0. The third-order valence-electron chi connectivity index (χ3n) is 3.05. The van der Waals surface area contributed by atoms with E-state index in [9.17, 15) is 0 Å². The van der Waals surface area contributed by atoms with Crippen LogP contribution >= 0.6 is 0 Å². The van der Waals surface area contributed by atoms with Crippen molar-refractivity contribution in [2.45, 2.75) is 19.4 Å². The van der Waals surface area contributed by atoms with E-state index >= 15 is 0 Å². The topological polar surface area (TPSA) is 28.7 Å². The summed E-state index contributed by atoms with van der Waals surface area (Å²) in [5.74, 6) is 0.867. The molecule has 2 heteroatoms. The number of nitrogens with zero attached hydrogens (tertiary/aromatic N) is 2. The van der Waals surface area contributed by atoms with Crippen LogP contribution in [0.3, 0.4) is 0 Å². The summed E-state index contributed by atoms with van der Waals surface area (Å²) in [5.41, 5.74) is 1.94. The normalized spacial score (nSPS) is 15.4. The zero-order valence-corrected chi connectivity index (χ0v) is 8.48. The van der Waals surface area contributed by atoms with Crippen LogP contribution in [-0.4, -0.2) is 4.57 Å². The van der Waals surface area contributed by atoms with E-state index in [2.05, 4.69) is 22.9 Å². The lowest BCUT2D eigenvalue weighted by Crippen LogP contribution is -1.97. The van der Waals surface area contributed by atoms with Crippen molar-refractivity contribution in [2.75, 3.05) is 0 Å². The summed E-state index contributed by atoms with van der Waals surface area (Å²) in [5, 5.41) is 10.1. The standard InChI is InChI=1S/C13H12N2/c14-8-11-3-4-12-5-6-15(13(12)7-11)9-10-1-2-10/h3-7,10H,1-2,9H2. The Labute approximate surface area is 88.7 Å². The van der Waals surface area contributed by atoms with Crippen LogP contribution < -0.4 is 0 Å². The molecule has 74 valence electrons. The first-order valence-corrected chi connectivity index (χ1v) is 5.36. The highest BCUT2D eigenvalue weighted by atomic mass is 15.0. The van der Waals surface area contributed by atoms with Crippen molar-refractivity contribution in [2.24, 2.45) is 5.92 Å². The quantitative estimate of drug-likeness (QED) is 0.726. The van der Waals surface area contributed by atoms with Gasteiger partial charge in [0.1, 0.15) is 0 Å². The van der Waals surface area contributed by atoms with E-state index in [0.717, 1.165) is 18.0 Å². The fourth-order valence-electron chi connectivity index (χ4n) is 1.99. The molecule has 2 nitrogen and oxygen atoms in total. The lowest BCUT2D eigenvalue weighted by Gasteiger charge is -2.03. The van der Waals surface area contributed by atoms with Crippen LogP contribution in [0, 0.1) is 17.2 Å². The van der Waals surface area contributed by atoms with Gasteiger partial charge in [-0.3, -0.25) is 0 Å². The van der Waals surface area contributed by atoms with Crippen molar-refractivity contribution in [3.05, 3.63) is 36.0 Å². The second-order valence-electron chi connectivity index (χ2n) is 4.30. The summed E-state index contributed by atoms with van der Waals surface area (Å²) in [4.78, 5) is 0. The van der Waals surface area contributed by atoms with E-state index in [1.165, 1.54) is 23.7 Å². The van der Waals surface area contributed by atoms with Crippen LogP contribution in [0.25, 0.3) is 10.9 Å². The average Bonchev–Trinajstić information content (AvgIpc) is 3.00. The van der Waals surface area contributed by atoms with Crippen molar-refractivity contribution in [1.82, 2.24) is 4.57 Å². The molecule has 1 aromatic carbocycles. The van der Waals surface area contributed by atoms with Crippen LogP contribution in [0.4, 0.5) is 0 Å². The molecule has 3 rings (SSSR count). The van der Waals surface area contributed by atoms with Gasteiger partial charge in [0.05, 0.1) is 11.6 Å². The summed E-state index contributed by atoms with van der Waals surface area (Å²) >= 11 is 0. The van der Waals surface area contributed by atoms with Gasteiger partial charge in [-0.2, -0.15) is 5.26 Å². The van der Waals surface area contributed by atoms with Gasteiger partial charge in [-0.05, 0) is 42.3 Å². The minimum absolute atomic E-state index is 0.748. The van der Waals surface area contributed by atoms with E-state index in [1.807, 2.05) is 18.2 Å². The van der Waals surface area contributed by atoms with Crippen molar-refractivity contribution in [3.8, 4) is 6.07 Å². The summed E-state index contributed by atoms with van der Waals surface area (Å²) < 4.78 is 2.27. The molecule has 0 spiro atoms. The van der Waals surface area contributed by atoms with Gasteiger partial charge in [0, 0.05) is 18.3 Å². The fourth-order valence-corrected chi connectivity index (χ4v) is 1.99. The number of aromatic nitrogens is 1. The third kappa shape index (κ3) is 1.50. The molecule has 1 saturated carbocycles. The number of fused-ring (bicyclic) bond motifs is 1. The maximum Gasteiger partial charge on any atom is 0.0992 e. The van der Waals surface area contributed by atoms with Crippen LogP contribution in [0.15, 0.2) is 30.5 Å². The SMILES string of the molecule is N#Cc1ccc2ccn(CC3CC3)c2c1. The molecule has 0 amide bonds. The van der Waals surface area contributed by atoms with E-state index < -0.39 is 0 Å². The average molecular weight is 196 g/mol. The number of nitriles is 1. The first-order chi connectivity index (χ1) is 7.36. The van der Waals surface area contributed by atoms with Gasteiger partial charge in [0.15, 0.2) is 0 Å². The minimum Gasteiger partial charge on any atom is -0.347 e. The zero-order chi connectivity index (χ0) is 10.3. The monoisotopic (exact) mass is 196 g/mol. The molecule has 15 heavy (non-hydrogen) atoms. The molecule has 2 aromatic rings. The third-order valence-corrected chi connectivity index (χ3v) is 3.05. The zero-order valence-electron chi connectivity index (χ0n) is 8.48. The molecule has 0 atom stereocenters. The van der Waals surface area contributed by atoms with Gasteiger partial charge < -0.3 is 4.57 Å². The molecule has 1 fully saturated rings.